The number of benzene rings is 4. The van der Waals surface area contributed by atoms with Gasteiger partial charge in [0.05, 0.1) is 47.2 Å². The number of hydrogen-bond donors (Lipinski definition) is 0. The quantitative estimate of drug-likeness (QED) is 0.128. The number of thiazole rings is 1. The maximum absolute atomic E-state index is 14.4. The highest BCUT2D eigenvalue weighted by Crippen LogP contribution is 2.37. The predicted octanol–water partition coefficient (Wildman–Crippen LogP) is 6.79. The second-order valence-corrected chi connectivity index (χ2v) is 13.4. The van der Waals surface area contributed by atoms with E-state index in [0.29, 0.717) is 42.7 Å². The van der Waals surface area contributed by atoms with Gasteiger partial charge in [0.1, 0.15) is 12.4 Å². The van der Waals surface area contributed by atoms with Gasteiger partial charge in [-0.25, -0.2) is 14.6 Å². The first-order valence-corrected chi connectivity index (χ1v) is 17.9. The Morgan fingerprint density at radius 1 is 0.942 bits per heavy atom. The molecule has 6 rings (SSSR count). The third-order valence-corrected chi connectivity index (χ3v) is 9.73. The smallest absolute Gasteiger partial charge is 0.343 e. The Hall–Kier alpha value is -5.10. The van der Waals surface area contributed by atoms with Gasteiger partial charge in [-0.15, -0.1) is 0 Å². The fourth-order valence-electron chi connectivity index (χ4n) is 5.93. The molecule has 0 bridgehead atoms. The maximum atomic E-state index is 14.4. The Labute approximate surface area is 313 Å². The van der Waals surface area contributed by atoms with Crippen LogP contribution in [-0.4, -0.2) is 43.4 Å². The van der Waals surface area contributed by atoms with Crippen molar-refractivity contribution in [1.82, 2.24) is 4.57 Å². The topological polar surface area (TPSA) is 115 Å². The minimum Gasteiger partial charge on any atom is -0.490 e. The van der Waals surface area contributed by atoms with E-state index < -0.39 is 23.5 Å². The fraction of sp³-hybridized carbons (Fsp3) is 0.231. The molecule has 2 heterocycles. The van der Waals surface area contributed by atoms with E-state index in [1.807, 2.05) is 42.5 Å². The van der Waals surface area contributed by atoms with Crippen LogP contribution in [0.15, 0.2) is 93.9 Å². The summed E-state index contributed by atoms with van der Waals surface area (Å²) >= 11 is 14.3. The van der Waals surface area contributed by atoms with Crippen LogP contribution in [0, 0.1) is 0 Å². The lowest BCUT2D eigenvalue weighted by Gasteiger charge is -2.25. The van der Waals surface area contributed by atoms with Crippen LogP contribution in [0.5, 0.6) is 17.2 Å². The number of carbonyl (C=O) groups excluding carboxylic acids is 2. The largest absolute Gasteiger partial charge is 0.490 e. The fourth-order valence-corrected chi connectivity index (χ4v) is 7.54. The Morgan fingerprint density at radius 3 is 2.50 bits per heavy atom. The molecule has 1 aliphatic rings. The van der Waals surface area contributed by atoms with E-state index in [2.05, 4.69) is 4.99 Å². The van der Waals surface area contributed by atoms with Crippen molar-refractivity contribution >= 4 is 63.3 Å². The second-order valence-electron chi connectivity index (χ2n) is 11.5. The molecule has 0 unspecified atom stereocenters. The number of methoxy groups -OCH3 is 1. The maximum Gasteiger partial charge on any atom is 0.343 e. The SMILES string of the molecule is CCOC(=O)C1=C(C)N=c2s/c(=C/c3cc(Cl)cc(Cl)c3OCc3cccc4ccccc34)c(=O)n2[C@H]1c1ccc(OCC(=O)OC)c(OCC)c1. The highest BCUT2D eigenvalue weighted by atomic mass is 35.5. The molecule has 1 atom stereocenters. The number of fused-ring (bicyclic) bond motifs is 2. The van der Waals surface area contributed by atoms with Crippen molar-refractivity contribution < 1.29 is 33.3 Å². The molecular formula is C39H34Cl2N2O8S. The summed E-state index contributed by atoms with van der Waals surface area (Å²) in [7, 11) is 1.26. The lowest BCUT2D eigenvalue weighted by Crippen LogP contribution is -2.40. The van der Waals surface area contributed by atoms with Crippen molar-refractivity contribution in [1.29, 1.82) is 0 Å². The van der Waals surface area contributed by atoms with Crippen LogP contribution in [0.25, 0.3) is 16.8 Å². The van der Waals surface area contributed by atoms with Crippen molar-refractivity contribution in [3.05, 3.63) is 130 Å². The zero-order valence-corrected chi connectivity index (χ0v) is 31.1. The van der Waals surface area contributed by atoms with Crippen molar-refractivity contribution in [2.24, 2.45) is 4.99 Å². The first-order valence-electron chi connectivity index (χ1n) is 16.4. The summed E-state index contributed by atoms with van der Waals surface area (Å²) in [5.74, 6) is -0.225. The van der Waals surface area contributed by atoms with Crippen molar-refractivity contribution in [3.63, 3.8) is 0 Å². The lowest BCUT2D eigenvalue weighted by molar-refractivity contribution is -0.143. The van der Waals surface area contributed by atoms with Gasteiger partial charge in [-0.3, -0.25) is 9.36 Å². The first kappa shape index (κ1) is 36.7. The molecule has 0 aliphatic carbocycles. The van der Waals surface area contributed by atoms with Gasteiger partial charge in [-0.1, -0.05) is 83.1 Å². The van der Waals surface area contributed by atoms with Crippen LogP contribution < -0.4 is 29.1 Å². The van der Waals surface area contributed by atoms with Crippen molar-refractivity contribution in [2.45, 2.75) is 33.4 Å². The molecule has 4 aromatic carbocycles. The zero-order valence-electron chi connectivity index (χ0n) is 28.7. The van der Waals surface area contributed by atoms with E-state index in [4.69, 9.17) is 46.9 Å². The third kappa shape index (κ3) is 7.57. The van der Waals surface area contributed by atoms with Crippen LogP contribution in [0.1, 0.15) is 43.5 Å². The van der Waals surface area contributed by atoms with E-state index in [0.717, 1.165) is 27.7 Å². The summed E-state index contributed by atoms with van der Waals surface area (Å²) in [6.07, 6.45) is 1.66. The van der Waals surface area contributed by atoms with Gasteiger partial charge in [0, 0.05) is 10.6 Å². The number of aromatic nitrogens is 1. The molecule has 0 N–H and O–H groups in total. The number of halogens is 2. The summed E-state index contributed by atoms with van der Waals surface area (Å²) in [4.78, 5) is 44.7. The molecule has 0 saturated heterocycles. The van der Waals surface area contributed by atoms with Crippen LogP contribution in [0.2, 0.25) is 10.0 Å². The Bertz CT molecular complexity index is 2400. The summed E-state index contributed by atoms with van der Waals surface area (Å²) in [5, 5.41) is 2.77. The molecular weight excluding hydrogens is 727 g/mol. The summed E-state index contributed by atoms with van der Waals surface area (Å²) < 4.78 is 29.7. The van der Waals surface area contributed by atoms with Crippen LogP contribution >= 0.6 is 34.5 Å². The average molecular weight is 762 g/mol. The molecule has 52 heavy (non-hydrogen) atoms. The number of nitrogens with zero attached hydrogens (tertiary/aromatic N) is 2. The summed E-state index contributed by atoms with van der Waals surface area (Å²) in [5.41, 5.74) is 2.16. The normalized spacial score (nSPS) is 14.1. The highest BCUT2D eigenvalue weighted by molar-refractivity contribution is 7.07. The van der Waals surface area contributed by atoms with Gasteiger partial charge in [-0.2, -0.15) is 0 Å². The standard InChI is InChI=1S/C39H34Cl2N2O8S/c1-5-48-31-17-24(14-15-30(31)50-21-33(44)47-4)35-34(38(46)49-6-2)22(3)42-39-43(35)37(45)32(52-39)18-26-16-27(40)19-29(41)36(26)51-20-25-12-9-11-23-10-7-8-13-28(23)25/h7-19,35H,5-6,20-21H2,1-4H3/b32-18+/t35-/m0/s1. The molecule has 0 spiro atoms. The Kier molecular flexibility index (Phi) is 11.3. The van der Waals surface area contributed by atoms with Gasteiger partial charge in [0.25, 0.3) is 5.56 Å². The van der Waals surface area contributed by atoms with Crippen molar-refractivity contribution in [3.8, 4) is 17.2 Å². The minimum absolute atomic E-state index is 0.119. The molecule has 0 saturated carbocycles. The molecule has 0 amide bonds. The highest BCUT2D eigenvalue weighted by Gasteiger charge is 2.34. The molecule has 5 aromatic rings. The van der Waals surface area contributed by atoms with Crippen molar-refractivity contribution in [2.75, 3.05) is 26.9 Å². The van der Waals surface area contributed by atoms with E-state index in [1.54, 1.807) is 57.2 Å². The molecule has 0 fully saturated rings. The van der Waals surface area contributed by atoms with Crippen LogP contribution in [0.4, 0.5) is 0 Å². The second kappa shape index (κ2) is 16.1. The van der Waals surface area contributed by atoms with Gasteiger partial charge < -0.3 is 23.7 Å². The van der Waals surface area contributed by atoms with E-state index in [9.17, 15) is 14.4 Å². The molecule has 1 aromatic heterocycles. The number of carbonyl (C=O) groups is 2. The van der Waals surface area contributed by atoms with E-state index in [1.165, 1.54) is 11.7 Å². The minimum atomic E-state index is -0.934. The lowest BCUT2D eigenvalue weighted by atomic mass is 9.95. The number of esters is 2. The number of rotatable bonds is 12. The predicted molar refractivity (Wildman–Crippen MR) is 200 cm³/mol. The monoisotopic (exact) mass is 760 g/mol. The van der Waals surface area contributed by atoms with Crippen LogP contribution in [-0.2, 0) is 25.7 Å². The van der Waals surface area contributed by atoms with E-state index >= 15 is 0 Å². The first-order chi connectivity index (χ1) is 25.1. The molecule has 10 nitrogen and oxygen atoms in total. The molecule has 13 heteroatoms. The molecule has 268 valence electrons. The number of allylic oxidation sites excluding steroid dienone is 1. The van der Waals surface area contributed by atoms with Gasteiger partial charge in [0.15, 0.2) is 22.9 Å². The zero-order chi connectivity index (χ0) is 36.9. The summed E-state index contributed by atoms with van der Waals surface area (Å²) in [6, 6.07) is 21.3. The Morgan fingerprint density at radius 2 is 1.73 bits per heavy atom. The average Bonchev–Trinajstić information content (AvgIpc) is 3.43. The number of ether oxygens (including phenoxy) is 5. The Balaban J connectivity index is 1.46. The summed E-state index contributed by atoms with van der Waals surface area (Å²) in [6.45, 7) is 5.49. The van der Waals surface area contributed by atoms with Gasteiger partial charge in [-0.05, 0) is 73.0 Å². The van der Waals surface area contributed by atoms with Gasteiger partial charge in [0.2, 0.25) is 0 Å². The molecule has 1 aliphatic heterocycles. The van der Waals surface area contributed by atoms with E-state index in [-0.39, 0.29) is 42.8 Å². The third-order valence-electron chi connectivity index (χ3n) is 8.25. The van der Waals surface area contributed by atoms with Crippen LogP contribution in [0.3, 0.4) is 0 Å². The number of hydrogen-bond acceptors (Lipinski definition) is 10. The molecule has 0 radical (unpaired) electrons. The van der Waals surface area contributed by atoms with Gasteiger partial charge >= 0.3 is 11.9 Å².